The fourth-order valence-electron chi connectivity index (χ4n) is 2.94. The van der Waals surface area contributed by atoms with Gasteiger partial charge in [-0.15, -0.1) is 0 Å². The molecular weight excluding hydrogens is 266 g/mol. The molecule has 0 radical (unpaired) electrons. The Hall–Kier alpha value is -1.62. The lowest BCUT2D eigenvalue weighted by Crippen LogP contribution is -2.41. The number of carbonyl (C=O) groups excluding carboxylic acids is 1. The molecule has 2 heterocycles. The topological polar surface area (TPSA) is 58.4 Å². The molecule has 1 atom stereocenters. The summed E-state index contributed by atoms with van der Waals surface area (Å²) in [6.07, 6.45) is 7.58. The minimum absolute atomic E-state index is 0.0152. The number of rotatable bonds is 3. The Bertz CT molecular complexity index is 534. The summed E-state index contributed by atoms with van der Waals surface area (Å²) in [5, 5.41) is 13.8. The van der Waals surface area contributed by atoms with Gasteiger partial charge in [0.15, 0.2) is 0 Å². The van der Waals surface area contributed by atoms with Gasteiger partial charge >= 0.3 is 0 Å². The summed E-state index contributed by atoms with van der Waals surface area (Å²) < 4.78 is 1.82. The van der Waals surface area contributed by atoms with Crippen molar-refractivity contribution in [3.05, 3.63) is 23.0 Å². The molecule has 1 saturated heterocycles. The number of hydrogen-bond donors (Lipinski definition) is 1. The van der Waals surface area contributed by atoms with Gasteiger partial charge in [0.1, 0.15) is 0 Å². The summed E-state index contributed by atoms with van der Waals surface area (Å²) in [7, 11) is 1.90. The van der Waals surface area contributed by atoms with Crippen LogP contribution in [0.2, 0.25) is 0 Å². The van der Waals surface area contributed by atoms with Crippen LogP contribution in [0.3, 0.4) is 0 Å². The van der Waals surface area contributed by atoms with E-state index in [9.17, 15) is 9.90 Å². The van der Waals surface area contributed by atoms with Gasteiger partial charge in [-0.2, -0.15) is 5.10 Å². The Balaban J connectivity index is 2.13. The monoisotopic (exact) mass is 291 g/mol. The van der Waals surface area contributed by atoms with Gasteiger partial charge in [0.05, 0.1) is 18.3 Å². The van der Waals surface area contributed by atoms with Crippen molar-refractivity contribution in [2.24, 2.45) is 7.05 Å². The first-order chi connectivity index (χ1) is 10.0. The molecule has 116 valence electrons. The number of aliphatic hydroxyl groups excluding tert-OH is 1. The molecule has 5 heteroatoms. The van der Waals surface area contributed by atoms with E-state index in [1.54, 1.807) is 6.08 Å². The lowest BCUT2D eigenvalue weighted by Gasteiger charge is -2.27. The predicted molar refractivity (Wildman–Crippen MR) is 82.8 cm³/mol. The fraction of sp³-hybridized carbons (Fsp3) is 0.625. The van der Waals surface area contributed by atoms with Crippen LogP contribution in [0.4, 0.5) is 0 Å². The van der Waals surface area contributed by atoms with Crippen molar-refractivity contribution in [2.45, 2.75) is 45.6 Å². The van der Waals surface area contributed by atoms with Gasteiger partial charge in [0.25, 0.3) is 0 Å². The predicted octanol–water partition coefficient (Wildman–Crippen LogP) is 1.81. The van der Waals surface area contributed by atoms with E-state index in [2.05, 4.69) is 5.10 Å². The van der Waals surface area contributed by atoms with Crippen LogP contribution in [0.5, 0.6) is 0 Å². The van der Waals surface area contributed by atoms with Crippen molar-refractivity contribution in [3.63, 3.8) is 0 Å². The Morgan fingerprint density at radius 1 is 1.38 bits per heavy atom. The second kappa shape index (κ2) is 6.89. The van der Waals surface area contributed by atoms with Crippen LogP contribution in [-0.4, -0.2) is 44.9 Å². The molecule has 1 amide bonds. The number of likely N-dealkylation sites (tertiary alicyclic amines) is 1. The van der Waals surface area contributed by atoms with Gasteiger partial charge in [0, 0.05) is 30.9 Å². The van der Waals surface area contributed by atoms with Gasteiger partial charge in [-0.1, -0.05) is 12.8 Å². The van der Waals surface area contributed by atoms with Crippen molar-refractivity contribution >= 4 is 12.0 Å². The second-order valence-electron chi connectivity index (χ2n) is 5.76. The maximum absolute atomic E-state index is 12.4. The third kappa shape index (κ3) is 3.53. The number of aromatic nitrogens is 2. The van der Waals surface area contributed by atoms with Crippen LogP contribution in [-0.2, 0) is 11.8 Å². The quantitative estimate of drug-likeness (QED) is 0.864. The number of nitrogens with zero attached hydrogens (tertiary/aromatic N) is 3. The molecule has 1 fully saturated rings. The standard InChI is InChI=1S/C16H25N3O2/c1-12-15(13(2)18(3)17-12)8-9-16(21)19-10-6-4-5-7-14(19)11-20/h8-9,14,20H,4-7,10-11H2,1-3H3/b9-8+. The molecule has 1 aromatic rings. The van der Waals surface area contributed by atoms with Crippen LogP contribution in [0.25, 0.3) is 6.08 Å². The average Bonchev–Trinajstić information content (AvgIpc) is 2.65. The smallest absolute Gasteiger partial charge is 0.246 e. The molecule has 1 aliphatic heterocycles. The summed E-state index contributed by atoms with van der Waals surface area (Å²) in [6.45, 7) is 4.72. The van der Waals surface area contributed by atoms with Gasteiger partial charge in [0.2, 0.25) is 5.91 Å². The molecular formula is C16H25N3O2. The zero-order valence-corrected chi connectivity index (χ0v) is 13.2. The fourth-order valence-corrected chi connectivity index (χ4v) is 2.94. The van der Waals surface area contributed by atoms with E-state index in [1.165, 1.54) is 0 Å². The van der Waals surface area contributed by atoms with E-state index in [-0.39, 0.29) is 18.6 Å². The lowest BCUT2D eigenvalue weighted by molar-refractivity contribution is -0.129. The first-order valence-corrected chi connectivity index (χ1v) is 7.64. The van der Waals surface area contributed by atoms with Gasteiger partial charge < -0.3 is 10.0 Å². The molecule has 0 spiro atoms. The highest BCUT2D eigenvalue weighted by Crippen LogP contribution is 2.18. The normalized spacial score (nSPS) is 20.0. The summed E-state index contributed by atoms with van der Waals surface area (Å²) in [5.41, 5.74) is 2.97. The summed E-state index contributed by atoms with van der Waals surface area (Å²) >= 11 is 0. The molecule has 1 unspecified atom stereocenters. The van der Waals surface area contributed by atoms with Gasteiger partial charge in [-0.25, -0.2) is 0 Å². The zero-order valence-electron chi connectivity index (χ0n) is 13.2. The van der Waals surface area contributed by atoms with E-state index < -0.39 is 0 Å². The Morgan fingerprint density at radius 3 is 2.76 bits per heavy atom. The molecule has 1 aliphatic rings. The third-order valence-electron chi connectivity index (χ3n) is 4.33. The SMILES string of the molecule is Cc1nn(C)c(C)c1/C=C/C(=O)N1CCCCCC1CO. The van der Waals surface area contributed by atoms with E-state index in [1.807, 2.05) is 36.6 Å². The zero-order chi connectivity index (χ0) is 15.4. The number of carbonyl (C=O) groups is 1. The highest BCUT2D eigenvalue weighted by atomic mass is 16.3. The Morgan fingerprint density at radius 2 is 2.14 bits per heavy atom. The summed E-state index contributed by atoms with van der Waals surface area (Å²) in [4.78, 5) is 14.2. The van der Waals surface area contributed by atoms with Crippen LogP contribution in [0, 0.1) is 13.8 Å². The van der Waals surface area contributed by atoms with Crippen LogP contribution in [0.1, 0.15) is 42.6 Å². The Labute approximate surface area is 126 Å². The van der Waals surface area contributed by atoms with E-state index in [4.69, 9.17) is 0 Å². The molecule has 0 aromatic carbocycles. The first kappa shape index (κ1) is 15.8. The van der Waals surface area contributed by atoms with Crippen LogP contribution < -0.4 is 0 Å². The number of aliphatic hydroxyl groups is 1. The molecule has 1 N–H and O–H groups in total. The summed E-state index contributed by atoms with van der Waals surface area (Å²) in [5.74, 6) is -0.0152. The molecule has 0 bridgehead atoms. The van der Waals surface area contributed by atoms with Crippen molar-refractivity contribution in [1.29, 1.82) is 0 Å². The largest absolute Gasteiger partial charge is 0.394 e. The van der Waals surface area contributed by atoms with Gasteiger partial charge in [-0.05, 0) is 32.8 Å². The highest BCUT2D eigenvalue weighted by molar-refractivity contribution is 5.92. The minimum Gasteiger partial charge on any atom is -0.394 e. The van der Waals surface area contributed by atoms with E-state index in [0.717, 1.165) is 49.2 Å². The van der Waals surface area contributed by atoms with Crippen molar-refractivity contribution in [2.75, 3.05) is 13.2 Å². The van der Waals surface area contributed by atoms with Crippen molar-refractivity contribution in [1.82, 2.24) is 14.7 Å². The number of amides is 1. The van der Waals surface area contributed by atoms with Crippen molar-refractivity contribution in [3.8, 4) is 0 Å². The molecule has 0 aliphatic carbocycles. The van der Waals surface area contributed by atoms with Crippen LogP contribution in [0.15, 0.2) is 6.08 Å². The molecule has 1 aromatic heterocycles. The Kier molecular flexibility index (Phi) is 5.17. The maximum atomic E-state index is 12.4. The average molecular weight is 291 g/mol. The molecule has 5 nitrogen and oxygen atoms in total. The van der Waals surface area contributed by atoms with Crippen LogP contribution >= 0.6 is 0 Å². The minimum atomic E-state index is -0.0410. The number of hydrogen-bond acceptors (Lipinski definition) is 3. The van der Waals surface area contributed by atoms with Gasteiger partial charge in [-0.3, -0.25) is 9.48 Å². The molecule has 21 heavy (non-hydrogen) atoms. The lowest BCUT2D eigenvalue weighted by atomic mass is 10.1. The number of aryl methyl sites for hydroxylation is 2. The van der Waals surface area contributed by atoms with Crippen molar-refractivity contribution < 1.29 is 9.90 Å². The maximum Gasteiger partial charge on any atom is 0.246 e. The highest BCUT2D eigenvalue weighted by Gasteiger charge is 2.23. The molecule has 2 rings (SSSR count). The molecule has 0 saturated carbocycles. The van der Waals surface area contributed by atoms with E-state index in [0.29, 0.717) is 0 Å². The second-order valence-corrected chi connectivity index (χ2v) is 5.76. The first-order valence-electron chi connectivity index (χ1n) is 7.64. The summed E-state index contributed by atoms with van der Waals surface area (Å²) in [6, 6.07) is -0.0410. The third-order valence-corrected chi connectivity index (χ3v) is 4.33. The van der Waals surface area contributed by atoms with E-state index >= 15 is 0 Å².